The fourth-order valence-electron chi connectivity index (χ4n) is 2.30. The molecule has 13 heavy (non-hydrogen) atoms. The summed E-state index contributed by atoms with van der Waals surface area (Å²) in [5, 5.41) is 9.89. The van der Waals surface area contributed by atoms with Crippen molar-refractivity contribution in [3.05, 3.63) is 0 Å². The molecule has 1 saturated heterocycles. The van der Waals surface area contributed by atoms with Crippen LogP contribution in [0.15, 0.2) is 0 Å². The second-order valence-electron chi connectivity index (χ2n) is 4.61. The highest BCUT2D eigenvalue weighted by atomic mass is 16.5. The van der Waals surface area contributed by atoms with Crippen LogP contribution < -0.4 is 0 Å². The molecule has 1 unspecified atom stereocenters. The summed E-state index contributed by atoms with van der Waals surface area (Å²) in [6.45, 7) is 0.934. The normalized spacial score (nSPS) is 32.5. The number of hydrogen-bond acceptors (Lipinski definition) is 2. The van der Waals surface area contributed by atoms with E-state index in [4.69, 9.17) is 4.74 Å². The molecule has 2 rings (SSSR count). The van der Waals surface area contributed by atoms with Crippen LogP contribution in [0, 0.1) is 0 Å². The first kappa shape index (κ1) is 9.47. The Kier molecular flexibility index (Phi) is 2.89. The third kappa shape index (κ3) is 2.44. The zero-order chi connectivity index (χ0) is 9.15. The fourth-order valence-corrected chi connectivity index (χ4v) is 2.30. The van der Waals surface area contributed by atoms with Gasteiger partial charge >= 0.3 is 0 Å². The van der Waals surface area contributed by atoms with Crippen molar-refractivity contribution in [2.75, 3.05) is 6.61 Å². The third-order valence-electron chi connectivity index (χ3n) is 3.49. The van der Waals surface area contributed by atoms with Gasteiger partial charge in [-0.2, -0.15) is 0 Å². The highest BCUT2D eigenvalue weighted by Gasteiger charge is 2.34. The molecular weight excluding hydrogens is 164 g/mol. The van der Waals surface area contributed by atoms with Crippen molar-refractivity contribution in [2.24, 2.45) is 0 Å². The molecule has 1 aliphatic carbocycles. The van der Waals surface area contributed by atoms with Gasteiger partial charge in [-0.15, -0.1) is 0 Å². The molecule has 2 heteroatoms. The van der Waals surface area contributed by atoms with Crippen molar-refractivity contribution in [2.45, 2.75) is 63.1 Å². The second-order valence-corrected chi connectivity index (χ2v) is 4.61. The van der Waals surface area contributed by atoms with Gasteiger partial charge in [0.2, 0.25) is 0 Å². The third-order valence-corrected chi connectivity index (χ3v) is 3.49. The maximum atomic E-state index is 9.89. The Bertz CT molecular complexity index is 157. The van der Waals surface area contributed by atoms with Crippen LogP contribution in [0.1, 0.15) is 51.4 Å². The Morgan fingerprint density at radius 2 is 2.08 bits per heavy atom. The summed E-state index contributed by atoms with van der Waals surface area (Å²) < 4.78 is 5.63. The van der Waals surface area contributed by atoms with E-state index in [1.54, 1.807) is 0 Å². The quantitative estimate of drug-likeness (QED) is 0.729. The average Bonchev–Trinajstić information content (AvgIpc) is 2.13. The van der Waals surface area contributed by atoms with Crippen molar-refractivity contribution >= 4 is 0 Å². The number of rotatable bonds is 3. The van der Waals surface area contributed by atoms with Crippen LogP contribution in [0.4, 0.5) is 0 Å². The van der Waals surface area contributed by atoms with Crippen LogP contribution in [-0.4, -0.2) is 23.4 Å². The maximum absolute atomic E-state index is 9.89. The minimum atomic E-state index is -0.305. The van der Waals surface area contributed by atoms with Crippen LogP contribution in [0.25, 0.3) is 0 Å². The summed E-state index contributed by atoms with van der Waals surface area (Å²) in [4.78, 5) is 0. The van der Waals surface area contributed by atoms with Crippen LogP contribution >= 0.6 is 0 Å². The molecule has 0 aromatic carbocycles. The van der Waals surface area contributed by atoms with Gasteiger partial charge in [0.15, 0.2) is 0 Å². The van der Waals surface area contributed by atoms with E-state index in [1.807, 2.05) is 0 Å². The predicted octanol–water partition coefficient (Wildman–Crippen LogP) is 2.25. The zero-order valence-electron chi connectivity index (χ0n) is 8.30. The molecule has 1 N–H and O–H groups in total. The van der Waals surface area contributed by atoms with Gasteiger partial charge in [-0.3, -0.25) is 0 Å². The van der Waals surface area contributed by atoms with Crippen LogP contribution in [0.2, 0.25) is 0 Å². The van der Waals surface area contributed by atoms with Crippen LogP contribution in [0.5, 0.6) is 0 Å². The van der Waals surface area contributed by atoms with E-state index < -0.39 is 0 Å². The molecule has 0 aromatic heterocycles. The smallest absolute Gasteiger partial charge is 0.0648 e. The van der Waals surface area contributed by atoms with E-state index in [9.17, 15) is 5.11 Å². The molecular formula is C11H20O2. The molecule has 0 amide bonds. The molecule has 1 heterocycles. The van der Waals surface area contributed by atoms with Gasteiger partial charge in [0, 0.05) is 6.61 Å². The Balaban J connectivity index is 1.66. The van der Waals surface area contributed by atoms with E-state index >= 15 is 0 Å². The lowest BCUT2D eigenvalue weighted by atomic mass is 9.76. The first-order chi connectivity index (χ1) is 6.29. The van der Waals surface area contributed by atoms with Gasteiger partial charge in [-0.05, 0) is 51.4 Å². The number of aliphatic hydroxyl groups is 1. The molecule has 2 aliphatic rings. The van der Waals surface area contributed by atoms with Gasteiger partial charge in [0.05, 0.1) is 11.7 Å². The molecule has 1 saturated carbocycles. The molecule has 0 bridgehead atoms. The average molecular weight is 184 g/mol. The Morgan fingerprint density at radius 3 is 2.62 bits per heavy atom. The lowest BCUT2D eigenvalue weighted by Gasteiger charge is -2.38. The monoisotopic (exact) mass is 184 g/mol. The minimum absolute atomic E-state index is 0.305. The molecule has 76 valence electrons. The summed E-state index contributed by atoms with van der Waals surface area (Å²) in [6.07, 6.45) is 9.44. The predicted molar refractivity (Wildman–Crippen MR) is 51.6 cm³/mol. The van der Waals surface area contributed by atoms with Crippen molar-refractivity contribution in [3.8, 4) is 0 Å². The number of ether oxygens (including phenoxy) is 1. The van der Waals surface area contributed by atoms with E-state index in [1.165, 1.54) is 25.7 Å². The minimum Gasteiger partial charge on any atom is -0.390 e. The van der Waals surface area contributed by atoms with Crippen LogP contribution in [-0.2, 0) is 4.74 Å². The summed E-state index contributed by atoms with van der Waals surface area (Å²) in [5.74, 6) is 0. The lowest BCUT2D eigenvalue weighted by Crippen LogP contribution is -2.37. The van der Waals surface area contributed by atoms with Gasteiger partial charge in [0.1, 0.15) is 0 Å². The summed E-state index contributed by atoms with van der Waals surface area (Å²) in [7, 11) is 0. The zero-order valence-corrected chi connectivity index (χ0v) is 8.30. The van der Waals surface area contributed by atoms with Gasteiger partial charge < -0.3 is 9.84 Å². The Hall–Kier alpha value is -0.0800. The molecule has 1 atom stereocenters. The van der Waals surface area contributed by atoms with Crippen molar-refractivity contribution in [1.29, 1.82) is 0 Å². The topological polar surface area (TPSA) is 29.5 Å². The molecule has 0 aromatic rings. The standard InChI is InChI=1S/C11H20O2/c12-11(6-3-7-11)8-5-10-4-1-2-9-13-10/h10,12H,1-9H2. The molecule has 0 spiro atoms. The molecule has 1 aliphatic heterocycles. The van der Waals surface area contributed by atoms with Crippen molar-refractivity contribution in [3.63, 3.8) is 0 Å². The van der Waals surface area contributed by atoms with Gasteiger partial charge in [-0.1, -0.05) is 0 Å². The molecule has 0 radical (unpaired) electrons. The lowest BCUT2D eigenvalue weighted by molar-refractivity contribution is -0.0619. The molecule has 2 nitrogen and oxygen atoms in total. The van der Waals surface area contributed by atoms with E-state index in [0.717, 1.165) is 32.3 Å². The first-order valence-electron chi connectivity index (χ1n) is 5.63. The van der Waals surface area contributed by atoms with Gasteiger partial charge in [-0.25, -0.2) is 0 Å². The summed E-state index contributed by atoms with van der Waals surface area (Å²) >= 11 is 0. The first-order valence-corrected chi connectivity index (χ1v) is 5.63. The Morgan fingerprint density at radius 1 is 1.23 bits per heavy atom. The van der Waals surface area contributed by atoms with E-state index in [0.29, 0.717) is 6.10 Å². The van der Waals surface area contributed by atoms with E-state index in [-0.39, 0.29) is 5.60 Å². The fraction of sp³-hybridized carbons (Fsp3) is 1.00. The van der Waals surface area contributed by atoms with Crippen molar-refractivity contribution in [1.82, 2.24) is 0 Å². The maximum Gasteiger partial charge on any atom is 0.0648 e. The number of hydrogen-bond donors (Lipinski definition) is 1. The second kappa shape index (κ2) is 3.97. The largest absolute Gasteiger partial charge is 0.390 e. The van der Waals surface area contributed by atoms with Gasteiger partial charge in [0.25, 0.3) is 0 Å². The van der Waals surface area contributed by atoms with Crippen molar-refractivity contribution < 1.29 is 9.84 Å². The van der Waals surface area contributed by atoms with Crippen LogP contribution in [0.3, 0.4) is 0 Å². The summed E-state index contributed by atoms with van der Waals surface area (Å²) in [6, 6.07) is 0. The molecule has 2 fully saturated rings. The van der Waals surface area contributed by atoms with E-state index in [2.05, 4.69) is 0 Å². The SMILES string of the molecule is OC1(CCC2CCCCO2)CCC1. The highest BCUT2D eigenvalue weighted by Crippen LogP contribution is 2.36. The highest BCUT2D eigenvalue weighted by molar-refractivity contribution is 4.88. The Labute approximate surface area is 80.3 Å². The summed E-state index contributed by atoms with van der Waals surface area (Å²) in [5.41, 5.74) is -0.305.